The molecule has 144 valence electrons. The Hall–Kier alpha value is -2.77. The van der Waals surface area contributed by atoms with E-state index in [1.807, 2.05) is 20.8 Å². The molecule has 8 heteroatoms. The van der Waals surface area contributed by atoms with Crippen molar-refractivity contribution < 1.29 is 23.5 Å². The molecule has 6 nitrogen and oxygen atoms in total. The van der Waals surface area contributed by atoms with Crippen molar-refractivity contribution >= 4 is 11.9 Å². The molecular weight excluding hydrogens is 356 g/mol. The SMILES string of the molecule is CC(C)(C)n1cc(C(=O)N2CC[C@@H](C(=O)O)C2)c(-c2ccc(F)cc2F)n1. The fourth-order valence-electron chi connectivity index (χ4n) is 3.07. The molecule has 1 fully saturated rings. The highest BCUT2D eigenvalue weighted by atomic mass is 19.1. The minimum atomic E-state index is -0.944. The summed E-state index contributed by atoms with van der Waals surface area (Å²) in [7, 11) is 0. The molecule has 2 aromatic rings. The van der Waals surface area contributed by atoms with Gasteiger partial charge in [-0.2, -0.15) is 5.10 Å². The van der Waals surface area contributed by atoms with E-state index in [1.54, 1.807) is 4.68 Å². The van der Waals surface area contributed by atoms with E-state index in [2.05, 4.69) is 5.10 Å². The highest BCUT2D eigenvalue weighted by Crippen LogP contribution is 2.30. The van der Waals surface area contributed by atoms with Crippen molar-refractivity contribution in [3.05, 3.63) is 41.6 Å². The third-order valence-corrected chi connectivity index (χ3v) is 4.64. The smallest absolute Gasteiger partial charge is 0.308 e. The van der Waals surface area contributed by atoms with Crippen LogP contribution >= 0.6 is 0 Å². The number of benzene rings is 1. The Balaban J connectivity index is 2.05. The molecule has 1 amide bonds. The minimum Gasteiger partial charge on any atom is -0.481 e. The van der Waals surface area contributed by atoms with Crippen molar-refractivity contribution in [1.29, 1.82) is 0 Å². The van der Waals surface area contributed by atoms with Crippen molar-refractivity contribution in [2.45, 2.75) is 32.7 Å². The van der Waals surface area contributed by atoms with E-state index >= 15 is 0 Å². The van der Waals surface area contributed by atoms with Gasteiger partial charge in [0, 0.05) is 30.9 Å². The number of likely N-dealkylation sites (tertiary alicyclic amines) is 1. The number of hydrogen-bond donors (Lipinski definition) is 1. The number of halogens is 2. The van der Waals surface area contributed by atoms with Gasteiger partial charge in [0.15, 0.2) is 0 Å². The van der Waals surface area contributed by atoms with Crippen molar-refractivity contribution in [2.75, 3.05) is 13.1 Å². The first-order chi connectivity index (χ1) is 12.6. The predicted octanol–water partition coefficient (Wildman–Crippen LogP) is 3.13. The summed E-state index contributed by atoms with van der Waals surface area (Å²) in [6.07, 6.45) is 1.91. The highest BCUT2D eigenvalue weighted by Gasteiger charge is 2.34. The van der Waals surface area contributed by atoms with Crippen LogP contribution in [0.15, 0.2) is 24.4 Å². The van der Waals surface area contributed by atoms with Gasteiger partial charge in [-0.05, 0) is 39.3 Å². The summed E-state index contributed by atoms with van der Waals surface area (Å²) in [6.45, 7) is 6.06. The maximum absolute atomic E-state index is 14.3. The maximum Gasteiger partial charge on any atom is 0.308 e. The molecule has 0 radical (unpaired) electrons. The van der Waals surface area contributed by atoms with Crippen molar-refractivity contribution in [3.8, 4) is 11.3 Å². The fraction of sp³-hybridized carbons (Fsp3) is 0.421. The molecular formula is C19H21F2N3O3. The summed E-state index contributed by atoms with van der Waals surface area (Å²) in [6, 6.07) is 3.11. The lowest BCUT2D eigenvalue weighted by Crippen LogP contribution is -2.30. The zero-order valence-corrected chi connectivity index (χ0v) is 15.4. The van der Waals surface area contributed by atoms with Crippen LogP contribution in [0, 0.1) is 17.6 Å². The van der Waals surface area contributed by atoms with E-state index in [-0.39, 0.29) is 23.4 Å². The molecule has 1 aromatic heterocycles. The summed E-state index contributed by atoms with van der Waals surface area (Å²) in [4.78, 5) is 25.6. The number of carbonyl (C=O) groups excluding carboxylic acids is 1. The van der Waals surface area contributed by atoms with E-state index in [0.717, 1.165) is 12.1 Å². The third kappa shape index (κ3) is 3.70. The van der Waals surface area contributed by atoms with Gasteiger partial charge in [0.05, 0.1) is 17.0 Å². The topological polar surface area (TPSA) is 75.4 Å². The number of aromatic nitrogens is 2. The molecule has 0 aliphatic carbocycles. The quantitative estimate of drug-likeness (QED) is 0.892. The van der Waals surface area contributed by atoms with E-state index < -0.39 is 35.0 Å². The van der Waals surface area contributed by atoms with Crippen LogP contribution in [0.5, 0.6) is 0 Å². The van der Waals surface area contributed by atoms with Gasteiger partial charge in [-0.3, -0.25) is 14.3 Å². The van der Waals surface area contributed by atoms with Gasteiger partial charge in [0.2, 0.25) is 0 Å². The molecule has 2 heterocycles. The number of carboxylic acids is 1. The monoisotopic (exact) mass is 377 g/mol. The lowest BCUT2D eigenvalue weighted by atomic mass is 10.1. The number of hydrogen-bond acceptors (Lipinski definition) is 3. The average molecular weight is 377 g/mol. The van der Waals surface area contributed by atoms with E-state index in [4.69, 9.17) is 5.11 Å². The first-order valence-electron chi connectivity index (χ1n) is 8.65. The molecule has 3 rings (SSSR count). The van der Waals surface area contributed by atoms with Gasteiger partial charge >= 0.3 is 5.97 Å². The number of carbonyl (C=O) groups is 2. The summed E-state index contributed by atoms with van der Waals surface area (Å²) >= 11 is 0. The largest absolute Gasteiger partial charge is 0.481 e. The number of rotatable bonds is 3. The third-order valence-electron chi connectivity index (χ3n) is 4.64. The maximum atomic E-state index is 14.3. The van der Waals surface area contributed by atoms with E-state index in [9.17, 15) is 18.4 Å². The van der Waals surface area contributed by atoms with Crippen LogP contribution in [0.25, 0.3) is 11.3 Å². The molecule has 1 aliphatic rings. The van der Waals surface area contributed by atoms with Crippen molar-refractivity contribution in [3.63, 3.8) is 0 Å². The lowest BCUT2D eigenvalue weighted by Gasteiger charge is -2.19. The van der Waals surface area contributed by atoms with Crippen LogP contribution in [-0.2, 0) is 10.3 Å². The van der Waals surface area contributed by atoms with Crippen LogP contribution in [0.1, 0.15) is 37.6 Å². The second kappa shape index (κ2) is 6.75. The van der Waals surface area contributed by atoms with Gasteiger partial charge in [0.25, 0.3) is 5.91 Å². The Morgan fingerprint density at radius 3 is 2.52 bits per heavy atom. The molecule has 1 atom stereocenters. The molecule has 0 unspecified atom stereocenters. The molecule has 1 saturated heterocycles. The standard InChI is InChI=1S/C19H21F2N3O3/c1-19(2,3)24-10-14(17(25)23-7-6-11(9-23)18(26)27)16(22-24)13-5-4-12(20)8-15(13)21/h4-5,8,10-11H,6-7,9H2,1-3H3,(H,26,27)/t11-/m1/s1. The number of amides is 1. The van der Waals surface area contributed by atoms with E-state index in [1.165, 1.54) is 17.2 Å². The Morgan fingerprint density at radius 1 is 1.26 bits per heavy atom. The lowest BCUT2D eigenvalue weighted by molar-refractivity contribution is -0.141. The van der Waals surface area contributed by atoms with Crippen molar-refractivity contribution in [2.24, 2.45) is 5.92 Å². The van der Waals surface area contributed by atoms with Gasteiger partial charge in [-0.1, -0.05) is 0 Å². The molecule has 0 bridgehead atoms. The normalized spacial score (nSPS) is 17.4. The summed E-state index contributed by atoms with van der Waals surface area (Å²) in [5.41, 5.74) is -0.150. The predicted molar refractivity (Wildman–Crippen MR) is 94.2 cm³/mol. The summed E-state index contributed by atoms with van der Waals surface area (Å²) in [5, 5.41) is 13.5. The molecule has 0 spiro atoms. The Morgan fingerprint density at radius 2 is 1.96 bits per heavy atom. The van der Waals surface area contributed by atoms with Gasteiger partial charge in [-0.25, -0.2) is 8.78 Å². The highest BCUT2D eigenvalue weighted by molar-refractivity contribution is 6.00. The van der Waals surface area contributed by atoms with Crippen LogP contribution < -0.4 is 0 Å². The van der Waals surface area contributed by atoms with Gasteiger partial charge < -0.3 is 10.0 Å². The Bertz CT molecular complexity index is 902. The fourth-order valence-corrected chi connectivity index (χ4v) is 3.07. The number of nitrogens with zero attached hydrogens (tertiary/aromatic N) is 3. The molecule has 1 N–H and O–H groups in total. The van der Waals surface area contributed by atoms with Crippen molar-refractivity contribution in [1.82, 2.24) is 14.7 Å². The first kappa shape index (κ1) is 19.0. The van der Waals surface area contributed by atoms with Crippen LogP contribution in [0.3, 0.4) is 0 Å². The second-order valence-corrected chi connectivity index (χ2v) is 7.71. The zero-order chi connectivity index (χ0) is 19.9. The Kier molecular flexibility index (Phi) is 4.75. The number of aliphatic carboxylic acids is 1. The van der Waals surface area contributed by atoms with Crippen LogP contribution in [0.2, 0.25) is 0 Å². The molecule has 27 heavy (non-hydrogen) atoms. The molecule has 1 aliphatic heterocycles. The molecule has 0 saturated carbocycles. The van der Waals surface area contributed by atoms with Crippen LogP contribution in [-0.4, -0.2) is 44.8 Å². The second-order valence-electron chi connectivity index (χ2n) is 7.71. The molecule has 1 aromatic carbocycles. The van der Waals surface area contributed by atoms with Gasteiger partial charge in [0.1, 0.15) is 17.3 Å². The first-order valence-corrected chi connectivity index (χ1v) is 8.65. The Labute approximate surface area is 155 Å². The zero-order valence-electron chi connectivity index (χ0n) is 15.4. The number of carboxylic acid groups (broad SMARTS) is 1. The minimum absolute atomic E-state index is 0.0248. The summed E-state index contributed by atoms with van der Waals surface area (Å²) in [5.74, 6) is -3.50. The van der Waals surface area contributed by atoms with Gasteiger partial charge in [-0.15, -0.1) is 0 Å². The average Bonchev–Trinajstić information content (AvgIpc) is 3.21. The van der Waals surface area contributed by atoms with Crippen LogP contribution in [0.4, 0.5) is 8.78 Å². The summed E-state index contributed by atoms with van der Waals surface area (Å²) < 4.78 is 29.2. The van der Waals surface area contributed by atoms with E-state index in [0.29, 0.717) is 13.0 Å².